The lowest BCUT2D eigenvalue weighted by Gasteiger charge is -2.22. The van der Waals surface area contributed by atoms with Gasteiger partial charge in [-0.2, -0.15) is 0 Å². The fraction of sp³-hybridized carbons (Fsp3) is 0.917. The Labute approximate surface area is 102 Å². The third-order valence-electron chi connectivity index (χ3n) is 4.24. The van der Waals surface area contributed by atoms with E-state index in [1.807, 2.05) is 0 Å². The molecule has 1 aromatic rings. The van der Waals surface area contributed by atoms with Crippen LogP contribution in [0.1, 0.15) is 51.4 Å². The van der Waals surface area contributed by atoms with Crippen molar-refractivity contribution >= 4 is 0 Å². The molecule has 3 rings (SSSR count). The van der Waals surface area contributed by atoms with E-state index >= 15 is 0 Å². The summed E-state index contributed by atoms with van der Waals surface area (Å²) in [5.41, 5.74) is 0. The normalized spacial score (nSPS) is 31.6. The summed E-state index contributed by atoms with van der Waals surface area (Å²) in [5.74, 6) is 2.75. The number of rotatable bonds is 4. The van der Waals surface area contributed by atoms with E-state index in [0.29, 0.717) is 12.1 Å². The Hall–Kier alpha value is -0.970. The van der Waals surface area contributed by atoms with Crippen molar-refractivity contribution in [1.29, 1.82) is 0 Å². The molecule has 5 nitrogen and oxygen atoms in total. The maximum atomic E-state index is 4.21. The molecule has 0 aromatic carbocycles. The van der Waals surface area contributed by atoms with E-state index in [-0.39, 0.29) is 0 Å². The molecule has 3 atom stereocenters. The van der Waals surface area contributed by atoms with Crippen molar-refractivity contribution in [3.05, 3.63) is 5.82 Å². The summed E-state index contributed by atoms with van der Waals surface area (Å²) < 4.78 is 2.08. The molecule has 0 radical (unpaired) electrons. The summed E-state index contributed by atoms with van der Waals surface area (Å²) in [4.78, 5) is 0. The standard InChI is InChI=1S/C12H21N5/c1-8(2)13-7-12-14-15-16-17(12)11-6-9-3-4-10(11)5-9/h8-11,13H,3-7H2,1-2H3. The lowest BCUT2D eigenvalue weighted by Crippen LogP contribution is -2.27. The van der Waals surface area contributed by atoms with E-state index in [1.54, 1.807) is 0 Å². The highest BCUT2D eigenvalue weighted by atomic mass is 15.6. The van der Waals surface area contributed by atoms with Crippen molar-refractivity contribution in [3.8, 4) is 0 Å². The van der Waals surface area contributed by atoms with Crippen LogP contribution in [-0.2, 0) is 6.54 Å². The lowest BCUT2D eigenvalue weighted by molar-refractivity contribution is 0.292. The lowest BCUT2D eigenvalue weighted by atomic mass is 9.95. The second kappa shape index (κ2) is 4.37. The van der Waals surface area contributed by atoms with E-state index in [0.717, 1.165) is 24.2 Å². The SMILES string of the molecule is CC(C)NCc1nnnn1C1CC2CCC1C2. The highest BCUT2D eigenvalue weighted by molar-refractivity contribution is 4.96. The molecule has 2 aliphatic rings. The number of hydrogen-bond acceptors (Lipinski definition) is 4. The third-order valence-corrected chi connectivity index (χ3v) is 4.24. The molecule has 0 spiro atoms. The summed E-state index contributed by atoms with van der Waals surface area (Å²) in [5, 5.41) is 15.6. The monoisotopic (exact) mass is 235 g/mol. The van der Waals surface area contributed by atoms with Gasteiger partial charge in [-0.1, -0.05) is 20.3 Å². The van der Waals surface area contributed by atoms with Crippen LogP contribution in [0.3, 0.4) is 0 Å². The quantitative estimate of drug-likeness (QED) is 0.860. The first-order valence-corrected chi connectivity index (χ1v) is 6.74. The van der Waals surface area contributed by atoms with Gasteiger partial charge in [0.05, 0.1) is 12.6 Å². The van der Waals surface area contributed by atoms with Crippen LogP contribution in [0.25, 0.3) is 0 Å². The summed E-state index contributed by atoms with van der Waals surface area (Å²) in [7, 11) is 0. The molecule has 2 bridgehead atoms. The van der Waals surface area contributed by atoms with Gasteiger partial charge >= 0.3 is 0 Å². The average molecular weight is 235 g/mol. The number of tetrazole rings is 1. The predicted octanol–water partition coefficient (Wildman–Crippen LogP) is 1.53. The van der Waals surface area contributed by atoms with E-state index in [1.165, 1.54) is 25.7 Å². The minimum atomic E-state index is 0.472. The molecular formula is C12H21N5. The highest BCUT2D eigenvalue weighted by Crippen LogP contribution is 2.50. The van der Waals surface area contributed by atoms with Crippen molar-refractivity contribution in [1.82, 2.24) is 25.5 Å². The Morgan fingerprint density at radius 1 is 1.35 bits per heavy atom. The molecule has 0 amide bonds. The van der Waals surface area contributed by atoms with Gasteiger partial charge in [0, 0.05) is 6.04 Å². The maximum Gasteiger partial charge on any atom is 0.165 e. The molecule has 1 aromatic heterocycles. The summed E-state index contributed by atoms with van der Waals surface area (Å²) >= 11 is 0. The first-order chi connectivity index (χ1) is 8.24. The zero-order valence-electron chi connectivity index (χ0n) is 10.6. The van der Waals surface area contributed by atoms with Crippen LogP contribution in [0.2, 0.25) is 0 Å². The Kier molecular flexibility index (Phi) is 2.86. The molecule has 1 heterocycles. The summed E-state index contributed by atoms with van der Waals surface area (Å²) in [6.07, 6.45) is 5.46. The molecule has 5 heteroatoms. The van der Waals surface area contributed by atoms with Crippen LogP contribution < -0.4 is 5.32 Å². The molecule has 2 fully saturated rings. The van der Waals surface area contributed by atoms with Crippen LogP contribution in [0, 0.1) is 11.8 Å². The zero-order valence-corrected chi connectivity index (χ0v) is 10.6. The molecular weight excluding hydrogens is 214 g/mol. The number of nitrogens with zero attached hydrogens (tertiary/aromatic N) is 4. The maximum absolute atomic E-state index is 4.21. The van der Waals surface area contributed by atoms with E-state index in [4.69, 9.17) is 0 Å². The molecule has 94 valence electrons. The van der Waals surface area contributed by atoms with E-state index < -0.39 is 0 Å². The summed E-state index contributed by atoms with van der Waals surface area (Å²) in [6, 6.07) is 1.04. The van der Waals surface area contributed by atoms with Gasteiger partial charge in [-0.3, -0.25) is 0 Å². The van der Waals surface area contributed by atoms with Crippen molar-refractivity contribution in [2.45, 2.75) is 58.2 Å². The van der Waals surface area contributed by atoms with Gasteiger partial charge in [-0.25, -0.2) is 4.68 Å². The predicted molar refractivity (Wildman–Crippen MR) is 64.3 cm³/mol. The number of nitrogens with one attached hydrogen (secondary N) is 1. The smallest absolute Gasteiger partial charge is 0.165 e. The van der Waals surface area contributed by atoms with Crippen LogP contribution >= 0.6 is 0 Å². The Morgan fingerprint density at radius 3 is 2.88 bits per heavy atom. The van der Waals surface area contributed by atoms with Gasteiger partial charge in [-0.05, 0) is 41.5 Å². The second-order valence-corrected chi connectivity index (χ2v) is 5.82. The summed E-state index contributed by atoms with van der Waals surface area (Å²) in [6.45, 7) is 5.07. The zero-order chi connectivity index (χ0) is 11.8. The largest absolute Gasteiger partial charge is 0.308 e. The second-order valence-electron chi connectivity index (χ2n) is 5.82. The first-order valence-electron chi connectivity index (χ1n) is 6.74. The minimum absolute atomic E-state index is 0.472. The molecule has 3 unspecified atom stereocenters. The van der Waals surface area contributed by atoms with Crippen molar-refractivity contribution in [3.63, 3.8) is 0 Å². The topological polar surface area (TPSA) is 55.6 Å². The Morgan fingerprint density at radius 2 is 2.24 bits per heavy atom. The van der Waals surface area contributed by atoms with Crippen LogP contribution in [-0.4, -0.2) is 26.2 Å². The van der Waals surface area contributed by atoms with Gasteiger partial charge in [0.15, 0.2) is 5.82 Å². The molecule has 17 heavy (non-hydrogen) atoms. The van der Waals surface area contributed by atoms with Crippen molar-refractivity contribution in [2.75, 3.05) is 0 Å². The minimum Gasteiger partial charge on any atom is -0.308 e. The number of fused-ring (bicyclic) bond motifs is 2. The average Bonchev–Trinajstić information content (AvgIpc) is 3.01. The van der Waals surface area contributed by atoms with Crippen LogP contribution in [0.4, 0.5) is 0 Å². The first kappa shape index (κ1) is 11.1. The van der Waals surface area contributed by atoms with Crippen LogP contribution in [0.5, 0.6) is 0 Å². The van der Waals surface area contributed by atoms with Gasteiger partial charge in [-0.15, -0.1) is 5.10 Å². The van der Waals surface area contributed by atoms with Crippen molar-refractivity contribution < 1.29 is 0 Å². The van der Waals surface area contributed by atoms with Gasteiger partial charge < -0.3 is 5.32 Å². The van der Waals surface area contributed by atoms with Gasteiger partial charge in [0.1, 0.15) is 0 Å². The highest BCUT2D eigenvalue weighted by Gasteiger charge is 2.41. The number of hydrogen-bond donors (Lipinski definition) is 1. The van der Waals surface area contributed by atoms with Crippen molar-refractivity contribution in [2.24, 2.45) is 11.8 Å². The van der Waals surface area contributed by atoms with Crippen LogP contribution in [0.15, 0.2) is 0 Å². The molecule has 2 aliphatic carbocycles. The Bertz CT molecular complexity index is 386. The third kappa shape index (κ3) is 2.08. The Balaban J connectivity index is 1.72. The fourth-order valence-electron chi connectivity index (χ4n) is 3.39. The van der Waals surface area contributed by atoms with E-state index in [9.17, 15) is 0 Å². The molecule has 0 saturated heterocycles. The number of aromatic nitrogens is 4. The molecule has 2 saturated carbocycles. The van der Waals surface area contributed by atoms with Gasteiger partial charge in [0.25, 0.3) is 0 Å². The van der Waals surface area contributed by atoms with E-state index in [2.05, 4.69) is 39.4 Å². The van der Waals surface area contributed by atoms with Gasteiger partial charge in [0.2, 0.25) is 0 Å². The molecule has 1 N–H and O–H groups in total. The fourth-order valence-corrected chi connectivity index (χ4v) is 3.39. The molecule has 0 aliphatic heterocycles.